The second kappa shape index (κ2) is 9.82. The SMILES string of the molecule is CCCOc1ccc(CNC(=O)COc2ccc3c(c2)CCC(=O)N3)cc1OC. The van der Waals surface area contributed by atoms with Crippen molar-refractivity contribution in [3.05, 3.63) is 47.5 Å². The highest BCUT2D eigenvalue weighted by molar-refractivity contribution is 5.94. The molecule has 0 unspecified atom stereocenters. The number of amides is 2. The minimum atomic E-state index is -0.221. The average Bonchev–Trinajstić information content (AvgIpc) is 2.74. The lowest BCUT2D eigenvalue weighted by atomic mass is 10.0. The molecule has 0 saturated carbocycles. The first-order valence-electron chi connectivity index (χ1n) is 9.71. The number of anilines is 1. The third-order valence-corrected chi connectivity index (χ3v) is 4.52. The quantitative estimate of drug-likeness (QED) is 0.678. The first kappa shape index (κ1) is 20.5. The van der Waals surface area contributed by atoms with Gasteiger partial charge in [-0.1, -0.05) is 13.0 Å². The van der Waals surface area contributed by atoms with Gasteiger partial charge in [-0.3, -0.25) is 9.59 Å². The van der Waals surface area contributed by atoms with E-state index in [4.69, 9.17) is 14.2 Å². The fourth-order valence-corrected chi connectivity index (χ4v) is 3.00. The molecule has 1 aliphatic rings. The van der Waals surface area contributed by atoms with Gasteiger partial charge >= 0.3 is 0 Å². The lowest BCUT2D eigenvalue weighted by Crippen LogP contribution is -2.28. The summed E-state index contributed by atoms with van der Waals surface area (Å²) in [6.07, 6.45) is 2.05. The van der Waals surface area contributed by atoms with E-state index in [0.29, 0.717) is 43.2 Å². The van der Waals surface area contributed by atoms with E-state index in [9.17, 15) is 9.59 Å². The van der Waals surface area contributed by atoms with Crippen LogP contribution in [-0.4, -0.2) is 32.1 Å². The van der Waals surface area contributed by atoms with E-state index in [-0.39, 0.29) is 18.4 Å². The van der Waals surface area contributed by atoms with Crippen LogP contribution in [0.15, 0.2) is 36.4 Å². The maximum atomic E-state index is 12.1. The van der Waals surface area contributed by atoms with Crippen molar-refractivity contribution in [2.75, 3.05) is 25.6 Å². The number of aryl methyl sites for hydroxylation is 1. The van der Waals surface area contributed by atoms with Gasteiger partial charge in [0.25, 0.3) is 5.91 Å². The van der Waals surface area contributed by atoms with Crippen LogP contribution < -0.4 is 24.8 Å². The molecule has 2 amide bonds. The Morgan fingerprint density at radius 1 is 1.10 bits per heavy atom. The summed E-state index contributed by atoms with van der Waals surface area (Å²) < 4.78 is 16.6. The molecule has 1 aliphatic heterocycles. The Kier molecular flexibility index (Phi) is 6.94. The maximum absolute atomic E-state index is 12.1. The van der Waals surface area contributed by atoms with Crippen LogP contribution in [-0.2, 0) is 22.6 Å². The lowest BCUT2D eigenvalue weighted by molar-refractivity contribution is -0.123. The highest BCUT2D eigenvalue weighted by Gasteiger charge is 2.15. The van der Waals surface area contributed by atoms with E-state index in [2.05, 4.69) is 10.6 Å². The molecule has 0 bridgehead atoms. The third-order valence-electron chi connectivity index (χ3n) is 4.52. The van der Waals surface area contributed by atoms with E-state index in [1.807, 2.05) is 31.2 Å². The number of fused-ring (bicyclic) bond motifs is 1. The van der Waals surface area contributed by atoms with Gasteiger partial charge in [0, 0.05) is 18.7 Å². The van der Waals surface area contributed by atoms with Crippen molar-refractivity contribution in [1.82, 2.24) is 5.32 Å². The van der Waals surface area contributed by atoms with Gasteiger partial charge in [-0.05, 0) is 54.3 Å². The Morgan fingerprint density at radius 2 is 1.97 bits per heavy atom. The van der Waals surface area contributed by atoms with Crippen molar-refractivity contribution in [3.8, 4) is 17.2 Å². The average molecular weight is 398 g/mol. The van der Waals surface area contributed by atoms with E-state index in [0.717, 1.165) is 23.2 Å². The summed E-state index contributed by atoms with van der Waals surface area (Å²) in [4.78, 5) is 23.5. The number of nitrogens with one attached hydrogen (secondary N) is 2. The maximum Gasteiger partial charge on any atom is 0.258 e. The zero-order valence-electron chi connectivity index (χ0n) is 16.7. The number of hydrogen-bond acceptors (Lipinski definition) is 5. The second-order valence-corrected chi connectivity index (χ2v) is 6.77. The molecule has 154 valence electrons. The summed E-state index contributed by atoms with van der Waals surface area (Å²) >= 11 is 0. The number of carbonyl (C=O) groups excluding carboxylic acids is 2. The third kappa shape index (κ3) is 5.63. The summed E-state index contributed by atoms with van der Waals surface area (Å²) in [5.74, 6) is 1.74. The molecule has 0 spiro atoms. The molecule has 2 aromatic rings. The van der Waals surface area contributed by atoms with Crippen molar-refractivity contribution in [1.29, 1.82) is 0 Å². The molecule has 2 N–H and O–H groups in total. The van der Waals surface area contributed by atoms with Crippen LogP contribution in [0.25, 0.3) is 0 Å². The molecule has 0 aromatic heterocycles. The first-order valence-corrected chi connectivity index (χ1v) is 9.71. The zero-order chi connectivity index (χ0) is 20.6. The summed E-state index contributed by atoms with van der Waals surface area (Å²) in [5, 5.41) is 5.66. The molecule has 0 saturated heterocycles. The summed E-state index contributed by atoms with van der Waals surface area (Å²) in [6.45, 7) is 2.95. The van der Waals surface area contributed by atoms with Gasteiger partial charge in [-0.15, -0.1) is 0 Å². The Bertz CT molecular complexity index is 882. The van der Waals surface area contributed by atoms with Crippen LogP contribution in [0.1, 0.15) is 30.9 Å². The van der Waals surface area contributed by atoms with Gasteiger partial charge in [0.2, 0.25) is 5.91 Å². The number of ether oxygens (including phenoxy) is 3. The van der Waals surface area contributed by atoms with Crippen molar-refractivity contribution >= 4 is 17.5 Å². The summed E-state index contributed by atoms with van der Waals surface area (Å²) in [7, 11) is 1.59. The van der Waals surface area contributed by atoms with Crippen LogP contribution in [0.2, 0.25) is 0 Å². The predicted molar refractivity (Wildman–Crippen MR) is 110 cm³/mol. The van der Waals surface area contributed by atoms with Gasteiger partial charge in [0.1, 0.15) is 5.75 Å². The molecule has 0 fully saturated rings. The molecule has 3 rings (SSSR count). The van der Waals surface area contributed by atoms with Gasteiger partial charge in [0.05, 0.1) is 13.7 Å². The number of carbonyl (C=O) groups is 2. The largest absolute Gasteiger partial charge is 0.493 e. The topological polar surface area (TPSA) is 85.9 Å². The van der Waals surface area contributed by atoms with Crippen LogP contribution >= 0.6 is 0 Å². The molecular weight excluding hydrogens is 372 g/mol. The van der Waals surface area contributed by atoms with E-state index in [1.165, 1.54) is 0 Å². The van der Waals surface area contributed by atoms with E-state index < -0.39 is 0 Å². The molecule has 7 heteroatoms. The fourth-order valence-electron chi connectivity index (χ4n) is 3.00. The van der Waals surface area contributed by atoms with Crippen LogP contribution in [0.3, 0.4) is 0 Å². The highest BCUT2D eigenvalue weighted by Crippen LogP contribution is 2.28. The number of methoxy groups -OCH3 is 1. The van der Waals surface area contributed by atoms with Crippen LogP contribution in [0.4, 0.5) is 5.69 Å². The molecule has 0 atom stereocenters. The lowest BCUT2D eigenvalue weighted by Gasteiger charge is -2.17. The van der Waals surface area contributed by atoms with E-state index >= 15 is 0 Å². The zero-order valence-corrected chi connectivity index (χ0v) is 16.7. The summed E-state index contributed by atoms with van der Waals surface area (Å²) in [5.41, 5.74) is 2.72. The van der Waals surface area contributed by atoms with Crippen molar-refractivity contribution in [2.24, 2.45) is 0 Å². The molecule has 0 radical (unpaired) electrons. The number of hydrogen-bond donors (Lipinski definition) is 2. The first-order chi connectivity index (χ1) is 14.1. The standard InChI is InChI=1S/C22H26N2O5/c1-3-10-28-19-8-4-15(11-20(19)27-2)13-23-22(26)14-29-17-6-7-18-16(12-17)5-9-21(25)24-18/h4,6-8,11-12H,3,5,9-10,13-14H2,1-2H3,(H,23,26)(H,24,25). The monoisotopic (exact) mass is 398 g/mol. The molecule has 1 heterocycles. The Labute approximate surface area is 170 Å². The van der Waals surface area contributed by atoms with Gasteiger partial charge < -0.3 is 24.8 Å². The van der Waals surface area contributed by atoms with Crippen molar-refractivity contribution < 1.29 is 23.8 Å². The minimum absolute atomic E-state index is 0.0205. The second-order valence-electron chi connectivity index (χ2n) is 6.77. The summed E-state index contributed by atoms with van der Waals surface area (Å²) in [6, 6.07) is 11.0. The van der Waals surface area contributed by atoms with Crippen LogP contribution in [0, 0.1) is 0 Å². The normalized spacial score (nSPS) is 12.6. The van der Waals surface area contributed by atoms with Gasteiger partial charge in [-0.2, -0.15) is 0 Å². The predicted octanol–water partition coefficient (Wildman–Crippen LogP) is 3.06. The Morgan fingerprint density at radius 3 is 2.76 bits per heavy atom. The minimum Gasteiger partial charge on any atom is -0.493 e. The van der Waals surface area contributed by atoms with Crippen molar-refractivity contribution in [2.45, 2.75) is 32.7 Å². The highest BCUT2D eigenvalue weighted by atomic mass is 16.5. The van der Waals surface area contributed by atoms with Gasteiger partial charge in [0.15, 0.2) is 18.1 Å². The van der Waals surface area contributed by atoms with Crippen LogP contribution in [0.5, 0.6) is 17.2 Å². The van der Waals surface area contributed by atoms with E-state index in [1.54, 1.807) is 19.2 Å². The van der Waals surface area contributed by atoms with Crippen molar-refractivity contribution in [3.63, 3.8) is 0 Å². The number of rotatable bonds is 9. The molecule has 7 nitrogen and oxygen atoms in total. The smallest absolute Gasteiger partial charge is 0.258 e. The molecule has 29 heavy (non-hydrogen) atoms. The molecule has 0 aliphatic carbocycles. The Balaban J connectivity index is 1.49. The Hall–Kier alpha value is -3.22. The number of benzene rings is 2. The van der Waals surface area contributed by atoms with Gasteiger partial charge in [-0.25, -0.2) is 0 Å². The fraction of sp³-hybridized carbons (Fsp3) is 0.364. The molecule has 2 aromatic carbocycles. The molecular formula is C22H26N2O5.